The topological polar surface area (TPSA) is 95.9 Å². The molecule has 8 nitrogen and oxygen atoms in total. The van der Waals surface area contributed by atoms with Crippen LogP contribution in [0.1, 0.15) is 65.6 Å². The van der Waals surface area contributed by atoms with Crippen LogP contribution in [-0.2, 0) is 12.0 Å². The van der Waals surface area contributed by atoms with Crippen LogP contribution in [0.2, 0.25) is 0 Å². The average Bonchev–Trinajstić information content (AvgIpc) is 3.35. The standard InChI is InChI=1S/C23H28N6O2/c1-14-9-15(10-16-12-24-26-18(14)16)21(31)28-7-5-23(6-8-28)11-17-13-29(22(2,3)4)27-19(17)20(30)25-23/h9-10,12-13H,5-8,11H2,1-4H3,(H,24,26)(H,25,30). The number of fused-ring (bicyclic) bond motifs is 2. The number of piperidine rings is 1. The molecule has 4 heterocycles. The van der Waals surface area contributed by atoms with Gasteiger partial charge < -0.3 is 10.2 Å². The first-order valence-corrected chi connectivity index (χ1v) is 10.8. The number of benzene rings is 1. The van der Waals surface area contributed by atoms with Crippen LogP contribution in [0.25, 0.3) is 10.9 Å². The summed E-state index contributed by atoms with van der Waals surface area (Å²) in [6.07, 6.45) is 5.98. The number of nitrogens with one attached hydrogen (secondary N) is 2. The summed E-state index contributed by atoms with van der Waals surface area (Å²) in [7, 11) is 0. The lowest BCUT2D eigenvalue weighted by Gasteiger charge is -2.44. The van der Waals surface area contributed by atoms with E-state index in [1.807, 2.05) is 34.8 Å². The molecule has 2 aliphatic rings. The lowest BCUT2D eigenvalue weighted by Crippen LogP contribution is -2.59. The molecule has 0 saturated carbocycles. The van der Waals surface area contributed by atoms with Gasteiger partial charge in [-0.05, 0) is 64.7 Å². The van der Waals surface area contributed by atoms with E-state index in [4.69, 9.17) is 0 Å². The van der Waals surface area contributed by atoms with Crippen LogP contribution in [0.5, 0.6) is 0 Å². The highest BCUT2D eigenvalue weighted by atomic mass is 16.2. The predicted molar refractivity (Wildman–Crippen MR) is 117 cm³/mol. The minimum absolute atomic E-state index is 0.0319. The number of hydrogen-bond donors (Lipinski definition) is 2. The van der Waals surface area contributed by atoms with Gasteiger partial charge in [0.25, 0.3) is 11.8 Å². The van der Waals surface area contributed by atoms with Gasteiger partial charge in [0.1, 0.15) is 0 Å². The number of carbonyl (C=O) groups is 2. The summed E-state index contributed by atoms with van der Waals surface area (Å²) in [5.74, 6) is -0.0745. The Morgan fingerprint density at radius 1 is 1.19 bits per heavy atom. The van der Waals surface area contributed by atoms with Crippen molar-refractivity contribution < 1.29 is 9.59 Å². The zero-order valence-corrected chi connectivity index (χ0v) is 18.5. The first-order chi connectivity index (χ1) is 14.7. The normalized spacial score (nSPS) is 18.3. The molecule has 2 N–H and O–H groups in total. The molecular formula is C23H28N6O2. The van der Waals surface area contributed by atoms with Gasteiger partial charge in [0, 0.05) is 41.3 Å². The van der Waals surface area contributed by atoms with Crippen molar-refractivity contribution >= 4 is 22.7 Å². The van der Waals surface area contributed by atoms with Crippen molar-refractivity contribution in [3.8, 4) is 0 Å². The summed E-state index contributed by atoms with van der Waals surface area (Å²) in [5, 5.41) is 15.7. The van der Waals surface area contributed by atoms with Gasteiger partial charge >= 0.3 is 0 Å². The third kappa shape index (κ3) is 3.30. The molecule has 0 bridgehead atoms. The molecule has 2 amide bonds. The molecule has 0 atom stereocenters. The fourth-order valence-corrected chi connectivity index (χ4v) is 4.76. The van der Waals surface area contributed by atoms with E-state index in [0.29, 0.717) is 24.3 Å². The average molecular weight is 421 g/mol. The SMILES string of the molecule is Cc1cc(C(=O)N2CCC3(CC2)Cc2cn(C(C)(C)C)nc2C(=O)N3)cc2cn[nH]c12. The van der Waals surface area contributed by atoms with Crippen molar-refractivity contribution in [3.05, 3.63) is 46.9 Å². The van der Waals surface area contributed by atoms with Crippen LogP contribution >= 0.6 is 0 Å². The van der Waals surface area contributed by atoms with Gasteiger partial charge in [0.2, 0.25) is 0 Å². The zero-order chi connectivity index (χ0) is 22.0. The molecular weight excluding hydrogens is 392 g/mol. The number of H-pyrrole nitrogens is 1. The quantitative estimate of drug-likeness (QED) is 0.633. The number of aromatic amines is 1. The maximum Gasteiger partial charge on any atom is 0.272 e. The lowest BCUT2D eigenvalue weighted by molar-refractivity contribution is 0.0605. The smallest absolute Gasteiger partial charge is 0.272 e. The maximum absolute atomic E-state index is 13.2. The van der Waals surface area contributed by atoms with Gasteiger partial charge in [-0.25, -0.2) is 0 Å². The molecule has 8 heteroatoms. The van der Waals surface area contributed by atoms with E-state index in [-0.39, 0.29) is 22.9 Å². The second-order valence-corrected chi connectivity index (χ2v) is 9.95. The fraction of sp³-hybridized carbons (Fsp3) is 0.478. The zero-order valence-electron chi connectivity index (χ0n) is 18.5. The van der Waals surface area contributed by atoms with Gasteiger partial charge in [-0.1, -0.05) is 0 Å². The number of nitrogens with zero attached hydrogens (tertiary/aromatic N) is 4. The monoisotopic (exact) mass is 420 g/mol. The van der Waals surface area contributed by atoms with E-state index >= 15 is 0 Å². The Morgan fingerprint density at radius 2 is 1.94 bits per heavy atom. The van der Waals surface area contributed by atoms with E-state index in [1.165, 1.54) is 0 Å². The van der Waals surface area contributed by atoms with Crippen molar-refractivity contribution in [1.29, 1.82) is 0 Å². The summed E-state index contributed by atoms with van der Waals surface area (Å²) in [4.78, 5) is 27.9. The number of rotatable bonds is 1. The summed E-state index contributed by atoms with van der Waals surface area (Å²) in [5.41, 5.74) is 3.71. The van der Waals surface area contributed by atoms with Crippen LogP contribution in [0.4, 0.5) is 0 Å². The van der Waals surface area contributed by atoms with Crippen molar-refractivity contribution in [2.45, 2.75) is 58.0 Å². The third-order valence-corrected chi connectivity index (χ3v) is 6.60. The summed E-state index contributed by atoms with van der Waals surface area (Å²) in [6, 6.07) is 3.82. The minimum Gasteiger partial charge on any atom is -0.345 e. The van der Waals surface area contributed by atoms with E-state index < -0.39 is 0 Å². The predicted octanol–water partition coefficient (Wildman–Crippen LogP) is 2.78. The molecule has 3 aromatic rings. The van der Waals surface area contributed by atoms with Gasteiger partial charge in [0.15, 0.2) is 5.69 Å². The van der Waals surface area contributed by atoms with Gasteiger partial charge in [-0.2, -0.15) is 10.2 Å². The van der Waals surface area contributed by atoms with Crippen molar-refractivity contribution in [3.63, 3.8) is 0 Å². The number of hydrogen-bond acceptors (Lipinski definition) is 4. The van der Waals surface area contributed by atoms with Crippen molar-refractivity contribution in [2.75, 3.05) is 13.1 Å². The number of likely N-dealkylation sites (tertiary alicyclic amines) is 1. The maximum atomic E-state index is 13.2. The Hall–Kier alpha value is -3.16. The molecule has 1 aromatic carbocycles. The summed E-state index contributed by atoms with van der Waals surface area (Å²) < 4.78 is 1.88. The molecule has 2 aliphatic heterocycles. The highest BCUT2D eigenvalue weighted by molar-refractivity contribution is 5.99. The Kier molecular flexibility index (Phi) is 4.26. The molecule has 0 radical (unpaired) electrons. The Balaban J connectivity index is 1.33. The van der Waals surface area contributed by atoms with Gasteiger partial charge in [-0.15, -0.1) is 0 Å². The van der Waals surface area contributed by atoms with Crippen LogP contribution in [0.3, 0.4) is 0 Å². The Bertz CT molecular complexity index is 1190. The molecule has 0 aliphatic carbocycles. The van der Waals surface area contributed by atoms with E-state index in [1.54, 1.807) is 6.20 Å². The molecule has 1 fully saturated rings. The largest absolute Gasteiger partial charge is 0.345 e. The summed E-state index contributed by atoms with van der Waals surface area (Å²) in [6.45, 7) is 9.44. The highest BCUT2D eigenvalue weighted by Crippen LogP contribution is 2.33. The lowest BCUT2D eigenvalue weighted by atomic mass is 9.79. The third-order valence-electron chi connectivity index (χ3n) is 6.60. The van der Waals surface area contributed by atoms with E-state index in [9.17, 15) is 9.59 Å². The van der Waals surface area contributed by atoms with E-state index in [2.05, 4.69) is 41.4 Å². The highest BCUT2D eigenvalue weighted by Gasteiger charge is 2.43. The van der Waals surface area contributed by atoms with Gasteiger partial charge in [-0.3, -0.25) is 19.4 Å². The molecule has 1 saturated heterocycles. The Morgan fingerprint density at radius 3 is 2.65 bits per heavy atom. The number of aryl methyl sites for hydroxylation is 1. The molecule has 5 rings (SSSR count). The molecule has 162 valence electrons. The number of amides is 2. The van der Waals surface area contributed by atoms with Crippen LogP contribution in [-0.4, -0.2) is 55.3 Å². The number of carbonyl (C=O) groups excluding carboxylic acids is 2. The van der Waals surface area contributed by atoms with Crippen molar-refractivity contribution in [2.24, 2.45) is 0 Å². The minimum atomic E-state index is -0.308. The van der Waals surface area contributed by atoms with Crippen LogP contribution in [0.15, 0.2) is 24.5 Å². The first-order valence-electron chi connectivity index (χ1n) is 10.8. The molecule has 1 spiro atoms. The first kappa shape index (κ1) is 19.8. The van der Waals surface area contributed by atoms with Crippen LogP contribution < -0.4 is 5.32 Å². The molecule has 0 unspecified atom stereocenters. The number of aromatic nitrogens is 4. The van der Waals surface area contributed by atoms with E-state index in [0.717, 1.165) is 41.3 Å². The van der Waals surface area contributed by atoms with Crippen LogP contribution in [0, 0.1) is 6.92 Å². The molecule has 31 heavy (non-hydrogen) atoms. The molecule has 2 aromatic heterocycles. The second kappa shape index (κ2) is 6.67. The van der Waals surface area contributed by atoms with Gasteiger partial charge in [0.05, 0.1) is 17.3 Å². The Labute approximate surface area is 181 Å². The fourth-order valence-electron chi connectivity index (χ4n) is 4.76. The summed E-state index contributed by atoms with van der Waals surface area (Å²) >= 11 is 0. The second-order valence-electron chi connectivity index (χ2n) is 9.95. The van der Waals surface area contributed by atoms with Crippen molar-refractivity contribution in [1.82, 2.24) is 30.2 Å².